The number of ether oxygens (including phenoxy) is 2. The summed E-state index contributed by atoms with van der Waals surface area (Å²) in [6.45, 7) is 1.66. The van der Waals surface area contributed by atoms with Crippen LogP contribution in [0.25, 0.3) is 0 Å². The molecule has 1 aliphatic heterocycles. The van der Waals surface area contributed by atoms with Gasteiger partial charge in [0.2, 0.25) is 0 Å². The van der Waals surface area contributed by atoms with E-state index in [0.717, 1.165) is 0 Å². The van der Waals surface area contributed by atoms with Crippen molar-refractivity contribution in [2.45, 2.75) is 25.3 Å². The topological polar surface area (TPSA) is 96.2 Å². The van der Waals surface area contributed by atoms with Gasteiger partial charge in [-0.1, -0.05) is 6.92 Å². The molecule has 4 atom stereocenters. The van der Waals surface area contributed by atoms with E-state index in [0.29, 0.717) is 0 Å². The molecule has 0 aromatic heterocycles. The van der Waals surface area contributed by atoms with E-state index < -0.39 is 32.3 Å². The Hall–Kier alpha value is 0.0949. The third-order valence-electron chi connectivity index (χ3n) is 2.03. The quantitative estimate of drug-likeness (QED) is 0.418. The van der Waals surface area contributed by atoms with Crippen molar-refractivity contribution in [1.29, 1.82) is 0 Å². The van der Waals surface area contributed by atoms with E-state index in [2.05, 4.69) is 0 Å². The average Bonchev–Trinajstić information content (AvgIpc) is 2.28. The normalized spacial score (nSPS) is 38.9. The first kappa shape index (κ1) is 12.2. The molecule has 80 valence electrons. The third-order valence-corrected chi connectivity index (χ3v) is 2.52. The van der Waals surface area contributed by atoms with Gasteiger partial charge in [0.1, 0.15) is 14.0 Å². The molecule has 1 saturated heterocycles. The minimum absolute atomic E-state index is 0.322. The lowest BCUT2D eigenvalue weighted by atomic mass is 9.87. The van der Waals surface area contributed by atoms with E-state index in [4.69, 9.17) is 27.1 Å². The van der Waals surface area contributed by atoms with Gasteiger partial charge in [-0.05, 0) is 0 Å². The molecule has 0 aromatic carbocycles. The number of aliphatic hydroxyl groups excluding tert-OH is 1. The third kappa shape index (κ3) is 3.05. The van der Waals surface area contributed by atoms with E-state index in [-0.39, 0.29) is 5.92 Å². The fourth-order valence-electron chi connectivity index (χ4n) is 1.11. The minimum Gasteiger partial charge on any atom is -0.387 e. The molecule has 2 radical (unpaired) electrons. The Morgan fingerprint density at radius 3 is 2.50 bits per heavy atom. The molecule has 8 heteroatoms. The monoisotopic (exact) mass is 222 g/mol. The summed E-state index contributed by atoms with van der Waals surface area (Å²) in [5.41, 5.74) is 0. The summed E-state index contributed by atoms with van der Waals surface area (Å²) in [7, 11) is 1.20. The zero-order chi connectivity index (χ0) is 10.9. The van der Waals surface area contributed by atoms with Crippen LogP contribution in [0.2, 0.25) is 0 Å². The molecule has 0 bridgehead atoms. The molecule has 6 nitrogen and oxygen atoms in total. The van der Waals surface area contributed by atoms with Crippen molar-refractivity contribution in [3.63, 3.8) is 0 Å². The highest BCUT2D eigenvalue weighted by molar-refractivity contribution is 7.51. The van der Waals surface area contributed by atoms with Gasteiger partial charge < -0.3 is 24.4 Å². The number of hydrogen-bond donors (Lipinski definition) is 3. The molecule has 3 N–H and O–H groups in total. The Balaban J connectivity index is 2.44. The molecular weight excluding hydrogens is 210 g/mol. The van der Waals surface area contributed by atoms with Gasteiger partial charge in [-0.2, -0.15) is 0 Å². The lowest BCUT2D eigenvalue weighted by molar-refractivity contribution is -0.146. The molecule has 0 amide bonds. The van der Waals surface area contributed by atoms with Gasteiger partial charge in [-0.15, -0.1) is 0 Å². The van der Waals surface area contributed by atoms with Crippen LogP contribution in [0, 0.1) is 5.92 Å². The van der Waals surface area contributed by atoms with Crippen molar-refractivity contribution in [3.05, 3.63) is 0 Å². The van der Waals surface area contributed by atoms with Crippen LogP contribution in [0.1, 0.15) is 6.92 Å². The minimum atomic E-state index is -4.24. The van der Waals surface area contributed by atoms with Crippen LogP contribution in [0.3, 0.4) is 0 Å². The highest BCUT2D eigenvalue weighted by atomic mass is 31.2. The molecule has 0 saturated carbocycles. The summed E-state index contributed by atoms with van der Waals surface area (Å²) in [6, 6.07) is -0.674. The van der Waals surface area contributed by atoms with Gasteiger partial charge in [0.25, 0.3) is 0 Å². The smallest absolute Gasteiger partial charge is 0.351 e. The van der Waals surface area contributed by atoms with Crippen LogP contribution in [-0.4, -0.2) is 47.5 Å². The van der Waals surface area contributed by atoms with E-state index in [9.17, 15) is 9.67 Å². The van der Waals surface area contributed by atoms with Crippen molar-refractivity contribution in [2.75, 3.05) is 6.35 Å². The molecule has 14 heavy (non-hydrogen) atoms. The van der Waals surface area contributed by atoms with Crippen molar-refractivity contribution < 1.29 is 28.9 Å². The standard InChI is InChI=1S/C6H12BO6P/c1-3-4(8)6(13-5(3)7)12-2-14(9,10)11/h3-6,8H,2H2,1H3,(H2,9,10,11). The second-order valence-corrected chi connectivity index (χ2v) is 4.87. The van der Waals surface area contributed by atoms with Crippen molar-refractivity contribution in [1.82, 2.24) is 0 Å². The fourth-order valence-corrected chi connectivity index (χ4v) is 1.45. The maximum absolute atomic E-state index is 10.5. The first-order valence-corrected chi connectivity index (χ1v) is 5.86. The summed E-state index contributed by atoms with van der Waals surface area (Å²) in [5, 5.41) is 9.44. The maximum atomic E-state index is 10.5. The summed E-state index contributed by atoms with van der Waals surface area (Å²) in [6.07, 6.45) is -2.81. The number of rotatable bonds is 3. The van der Waals surface area contributed by atoms with Crippen molar-refractivity contribution in [3.8, 4) is 0 Å². The first-order chi connectivity index (χ1) is 6.31. The summed E-state index contributed by atoms with van der Waals surface area (Å²) < 4.78 is 20.1. The van der Waals surface area contributed by atoms with Gasteiger partial charge >= 0.3 is 7.60 Å². The SMILES string of the molecule is [B]C1OC(OCP(=O)(O)O)C(O)C1C. The van der Waals surface area contributed by atoms with E-state index in [1.54, 1.807) is 6.92 Å². The summed E-state index contributed by atoms with van der Waals surface area (Å²) >= 11 is 0. The average molecular weight is 222 g/mol. The first-order valence-electron chi connectivity index (χ1n) is 4.06. The Kier molecular flexibility index (Phi) is 3.74. The van der Waals surface area contributed by atoms with Gasteiger partial charge in [0, 0.05) is 11.9 Å². The van der Waals surface area contributed by atoms with Gasteiger partial charge in [-0.3, -0.25) is 4.57 Å². The number of aliphatic hydroxyl groups is 1. The van der Waals surface area contributed by atoms with Crippen molar-refractivity contribution >= 4 is 15.4 Å². The molecule has 1 aliphatic rings. The second kappa shape index (κ2) is 4.30. The molecule has 1 rings (SSSR count). The lowest BCUT2D eigenvalue weighted by Crippen LogP contribution is -2.28. The van der Waals surface area contributed by atoms with Crippen LogP contribution in [0.5, 0.6) is 0 Å². The van der Waals surface area contributed by atoms with Crippen LogP contribution in [-0.2, 0) is 14.0 Å². The van der Waals surface area contributed by atoms with Crippen molar-refractivity contribution in [2.24, 2.45) is 5.92 Å². The van der Waals surface area contributed by atoms with Crippen LogP contribution in [0.4, 0.5) is 0 Å². The van der Waals surface area contributed by atoms with Gasteiger partial charge in [-0.25, -0.2) is 0 Å². The molecular formula is C6H12BO6P. The Morgan fingerprint density at radius 1 is 1.57 bits per heavy atom. The predicted octanol–water partition coefficient (Wildman–Crippen LogP) is -1.01. The summed E-state index contributed by atoms with van der Waals surface area (Å²) in [5.74, 6) is -0.322. The molecule has 4 unspecified atom stereocenters. The Labute approximate surface area is 82.8 Å². The largest absolute Gasteiger partial charge is 0.387 e. The zero-order valence-corrected chi connectivity index (χ0v) is 8.50. The maximum Gasteiger partial charge on any atom is 0.351 e. The highest BCUT2D eigenvalue weighted by Gasteiger charge is 2.39. The van der Waals surface area contributed by atoms with Crippen LogP contribution >= 0.6 is 7.60 Å². The van der Waals surface area contributed by atoms with E-state index in [1.807, 2.05) is 0 Å². The molecule has 0 aromatic rings. The van der Waals surface area contributed by atoms with Gasteiger partial charge in [0.05, 0.1) is 0 Å². The highest BCUT2D eigenvalue weighted by Crippen LogP contribution is 2.36. The lowest BCUT2D eigenvalue weighted by Gasteiger charge is -2.16. The molecule has 0 spiro atoms. The molecule has 0 aliphatic carbocycles. The van der Waals surface area contributed by atoms with Crippen LogP contribution in [0.15, 0.2) is 0 Å². The molecule has 1 fully saturated rings. The molecule has 1 heterocycles. The zero-order valence-electron chi connectivity index (χ0n) is 7.61. The van der Waals surface area contributed by atoms with E-state index in [1.165, 1.54) is 0 Å². The van der Waals surface area contributed by atoms with Crippen LogP contribution < -0.4 is 0 Å². The predicted molar refractivity (Wildman–Crippen MR) is 47.6 cm³/mol. The van der Waals surface area contributed by atoms with E-state index >= 15 is 0 Å². The summed E-state index contributed by atoms with van der Waals surface area (Å²) in [4.78, 5) is 17.0. The van der Waals surface area contributed by atoms with Gasteiger partial charge in [0.15, 0.2) is 12.6 Å². The Bertz CT molecular complexity index is 242. The fraction of sp³-hybridized carbons (Fsp3) is 1.00. The second-order valence-electron chi connectivity index (χ2n) is 3.28. The Morgan fingerprint density at radius 2 is 2.14 bits per heavy atom. The number of hydrogen-bond acceptors (Lipinski definition) is 4.